The lowest BCUT2D eigenvalue weighted by Crippen LogP contribution is -2.26. The lowest BCUT2D eigenvalue weighted by Gasteiger charge is -2.11. The first-order chi connectivity index (χ1) is 14.6. The van der Waals surface area contributed by atoms with E-state index < -0.39 is 0 Å². The molecule has 4 rings (SSSR count). The fraction of sp³-hybridized carbons (Fsp3) is 0.174. The number of methoxy groups -OCH3 is 1. The number of rotatable bonds is 7. The molecule has 0 aliphatic heterocycles. The van der Waals surface area contributed by atoms with Gasteiger partial charge in [0.15, 0.2) is 5.65 Å². The fourth-order valence-corrected chi connectivity index (χ4v) is 3.29. The molecule has 4 aromatic rings. The Morgan fingerprint density at radius 2 is 1.93 bits per heavy atom. The molecule has 0 spiro atoms. The maximum Gasteiger partial charge on any atom is 0.224 e. The average Bonchev–Trinajstić information content (AvgIpc) is 3.11. The van der Waals surface area contributed by atoms with Gasteiger partial charge in [0.1, 0.15) is 22.9 Å². The van der Waals surface area contributed by atoms with Crippen LogP contribution in [-0.4, -0.2) is 27.6 Å². The first kappa shape index (κ1) is 19.6. The van der Waals surface area contributed by atoms with Crippen molar-refractivity contribution >= 4 is 17.1 Å². The molecule has 7 heteroatoms. The van der Waals surface area contributed by atoms with E-state index in [2.05, 4.69) is 15.3 Å². The molecule has 2 aromatic carbocycles. The molecular weight excluding hydrogens is 383 g/mol. The number of pyridine rings is 1. The summed E-state index contributed by atoms with van der Waals surface area (Å²) in [5.41, 5.74) is 3.31. The Hall–Kier alpha value is -3.74. The van der Waals surface area contributed by atoms with Crippen molar-refractivity contribution in [1.29, 1.82) is 0 Å². The summed E-state index contributed by atoms with van der Waals surface area (Å²) in [5.74, 6) is 1.01. The van der Waals surface area contributed by atoms with E-state index >= 15 is 0 Å². The zero-order valence-corrected chi connectivity index (χ0v) is 16.5. The van der Waals surface area contributed by atoms with E-state index in [0.29, 0.717) is 12.4 Å². The molecule has 1 N–H and O–H groups in total. The van der Waals surface area contributed by atoms with Crippen molar-refractivity contribution in [3.63, 3.8) is 0 Å². The Bertz CT molecular complexity index is 1170. The van der Waals surface area contributed by atoms with E-state index in [9.17, 15) is 9.18 Å². The molecule has 0 aliphatic rings. The summed E-state index contributed by atoms with van der Waals surface area (Å²) in [7, 11) is 1.63. The third-order valence-corrected chi connectivity index (χ3v) is 4.78. The Morgan fingerprint density at radius 1 is 1.10 bits per heavy atom. The molecule has 0 atom stereocenters. The lowest BCUT2D eigenvalue weighted by atomic mass is 10.1. The van der Waals surface area contributed by atoms with Crippen LogP contribution in [0.4, 0.5) is 4.39 Å². The molecule has 2 heterocycles. The summed E-state index contributed by atoms with van der Waals surface area (Å²) >= 11 is 0. The average molecular weight is 404 g/mol. The quantitative estimate of drug-likeness (QED) is 0.512. The van der Waals surface area contributed by atoms with Crippen molar-refractivity contribution in [3.8, 4) is 5.75 Å². The number of nitrogens with zero attached hydrogens (tertiary/aromatic N) is 3. The highest BCUT2D eigenvalue weighted by Crippen LogP contribution is 2.19. The Kier molecular flexibility index (Phi) is 5.70. The number of ether oxygens (including phenoxy) is 1. The third-order valence-electron chi connectivity index (χ3n) is 4.78. The molecule has 1 amide bonds. The Balaban J connectivity index is 1.53. The Labute approximate surface area is 173 Å². The van der Waals surface area contributed by atoms with Gasteiger partial charge in [-0.05, 0) is 47.5 Å². The van der Waals surface area contributed by atoms with E-state index in [0.717, 1.165) is 28.0 Å². The second-order valence-corrected chi connectivity index (χ2v) is 6.89. The van der Waals surface area contributed by atoms with Gasteiger partial charge in [-0.2, -0.15) is 0 Å². The smallest absolute Gasteiger partial charge is 0.224 e. The number of aromatic nitrogens is 3. The maximum atomic E-state index is 13.0. The molecule has 152 valence electrons. The lowest BCUT2D eigenvalue weighted by molar-refractivity contribution is -0.120. The molecular formula is C23H21FN4O2. The minimum Gasteiger partial charge on any atom is -0.497 e. The topological polar surface area (TPSA) is 69.0 Å². The molecule has 0 aliphatic carbocycles. The van der Waals surface area contributed by atoms with Gasteiger partial charge in [-0.3, -0.25) is 4.79 Å². The van der Waals surface area contributed by atoms with Crippen LogP contribution in [0, 0.1) is 5.82 Å². The van der Waals surface area contributed by atoms with Crippen molar-refractivity contribution in [2.24, 2.45) is 0 Å². The Morgan fingerprint density at radius 3 is 2.73 bits per heavy atom. The third kappa shape index (κ3) is 4.46. The van der Waals surface area contributed by atoms with E-state index in [-0.39, 0.29) is 24.7 Å². The van der Waals surface area contributed by atoms with Gasteiger partial charge in [0.2, 0.25) is 5.91 Å². The molecule has 0 fully saturated rings. The summed E-state index contributed by atoms with van der Waals surface area (Å²) < 4.78 is 20.3. The van der Waals surface area contributed by atoms with Gasteiger partial charge in [0, 0.05) is 6.20 Å². The van der Waals surface area contributed by atoms with Crippen LogP contribution in [0.1, 0.15) is 17.0 Å². The highest BCUT2D eigenvalue weighted by molar-refractivity contribution is 5.78. The largest absolute Gasteiger partial charge is 0.497 e. The summed E-state index contributed by atoms with van der Waals surface area (Å²) in [6.07, 6.45) is 1.90. The first-order valence-electron chi connectivity index (χ1n) is 9.56. The molecule has 0 saturated heterocycles. The number of fused-ring (bicyclic) bond motifs is 1. The summed E-state index contributed by atoms with van der Waals surface area (Å²) in [6, 6.07) is 17.4. The second kappa shape index (κ2) is 8.73. The van der Waals surface area contributed by atoms with Crippen LogP contribution in [0.3, 0.4) is 0 Å². The SMILES string of the molecule is COc1cccc(Cn2c(CNC(=O)Cc3ccc(F)cc3)nc3cccnc32)c1. The zero-order valence-electron chi connectivity index (χ0n) is 16.5. The van der Waals surface area contributed by atoms with E-state index in [1.807, 2.05) is 41.0 Å². The first-order valence-corrected chi connectivity index (χ1v) is 9.56. The molecule has 2 aromatic heterocycles. The van der Waals surface area contributed by atoms with Crippen LogP contribution in [0.25, 0.3) is 11.2 Å². The van der Waals surface area contributed by atoms with Crippen LogP contribution >= 0.6 is 0 Å². The standard InChI is InChI=1S/C23H21FN4O2/c1-30-19-5-2-4-17(12-19)15-28-21(27-20-6-3-11-25-23(20)28)14-26-22(29)13-16-7-9-18(24)10-8-16/h2-12H,13-15H2,1H3,(H,26,29). The number of amides is 1. The number of carbonyl (C=O) groups excluding carboxylic acids is 1. The van der Waals surface area contributed by atoms with Gasteiger partial charge < -0.3 is 14.6 Å². The predicted octanol–water partition coefficient (Wildman–Crippen LogP) is 3.49. The van der Waals surface area contributed by atoms with Crippen molar-refractivity contribution in [2.45, 2.75) is 19.5 Å². The number of carbonyl (C=O) groups is 1. The maximum absolute atomic E-state index is 13.0. The van der Waals surface area contributed by atoms with Crippen LogP contribution in [0.15, 0.2) is 66.9 Å². The second-order valence-electron chi connectivity index (χ2n) is 6.89. The van der Waals surface area contributed by atoms with E-state index in [4.69, 9.17) is 4.74 Å². The van der Waals surface area contributed by atoms with Crippen LogP contribution in [-0.2, 0) is 24.3 Å². The van der Waals surface area contributed by atoms with Gasteiger partial charge in [0.25, 0.3) is 0 Å². The minimum atomic E-state index is -0.321. The van der Waals surface area contributed by atoms with Crippen LogP contribution < -0.4 is 10.1 Å². The van der Waals surface area contributed by atoms with Gasteiger partial charge in [-0.25, -0.2) is 14.4 Å². The fourth-order valence-electron chi connectivity index (χ4n) is 3.29. The monoisotopic (exact) mass is 404 g/mol. The van der Waals surface area contributed by atoms with Crippen molar-refractivity contribution in [3.05, 3.63) is 89.6 Å². The number of imidazole rings is 1. The molecule has 6 nitrogen and oxygen atoms in total. The summed E-state index contributed by atoms with van der Waals surface area (Å²) in [6.45, 7) is 0.814. The van der Waals surface area contributed by atoms with Crippen molar-refractivity contribution in [1.82, 2.24) is 19.9 Å². The summed E-state index contributed by atoms with van der Waals surface area (Å²) in [4.78, 5) is 21.5. The molecule has 0 saturated carbocycles. The predicted molar refractivity (Wildman–Crippen MR) is 112 cm³/mol. The number of hydrogen-bond acceptors (Lipinski definition) is 4. The molecule has 0 unspecified atom stereocenters. The van der Waals surface area contributed by atoms with Crippen molar-refractivity contribution in [2.75, 3.05) is 7.11 Å². The van der Waals surface area contributed by atoms with Gasteiger partial charge in [-0.15, -0.1) is 0 Å². The summed E-state index contributed by atoms with van der Waals surface area (Å²) in [5, 5.41) is 2.90. The number of benzene rings is 2. The number of halogens is 1. The van der Waals surface area contributed by atoms with Gasteiger partial charge >= 0.3 is 0 Å². The van der Waals surface area contributed by atoms with Gasteiger partial charge in [-0.1, -0.05) is 24.3 Å². The van der Waals surface area contributed by atoms with Crippen LogP contribution in [0.5, 0.6) is 5.75 Å². The number of hydrogen-bond donors (Lipinski definition) is 1. The molecule has 0 bridgehead atoms. The molecule has 0 radical (unpaired) electrons. The number of nitrogens with one attached hydrogen (secondary N) is 1. The highest BCUT2D eigenvalue weighted by Gasteiger charge is 2.14. The van der Waals surface area contributed by atoms with Crippen molar-refractivity contribution < 1.29 is 13.9 Å². The normalized spacial score (nSPS) is 10.9. The van der Waals surface area contributed by atoms with E-state index in [1.54, 1.807) is 25.4 Å². The minimum absolute atomic E-state index is 0.158. The van der Waals surface area contributed by atoms with Crippen LogP contribution in [0.2, 0.25) is 0 Å². The highest BCUT2D eigenvalue weighted by atomic mass is 19.1. The van der Waals surface area contributed by atoms with Gasteiger partial charge in [0.05, 0.1) is 26.6 Å². The zero-order chi connectivity index (χ0) is 20.9. The molecule has 30 heavy (non-hydrogen) atoms. The van der Waals surface area contributed by atoms with E-state index in [1.165, 1.54) is 12.1 Å².